The molecular weight excluding hydrogens is 266 g/mol. The lowest BCUT2D eigenvalue weighted by Gasteiger charge is -2.20. The van der Waals surface area contributed by atoms with Crippen molar-refractivity contribution in [3.05, 3.63) is 60.2 Å². The van der Waals surface area contributed by atoms with Gasteiger partial charge in [-0.1, -0.05) is 30.3 Å². The summed E-state index contributed by atoms with van der Waals surface area (Å²) < 4.78 is 5.79. The van der Waals surface area contributed by atoms with E-state index >= 15 is 0 Å². The highest BCUT2D eigenvalue weighted by Gasteiger charge is 2.31. The molecule has 0 bridgehead atoms. The molecule has 1 aliphatic rings. The number of likely N-dealkylation sites (N-methyl/N-ethyl adjacent to an activating group) is 1. The van der Waals surface area contributed by atoms with E-state index in [1.165, 1.54) is 4.90 Å². The number of amides is 2. The Morgan fingerprint density at radius 2 is 1.81 bits per heavy atom. The number of hydrogen-bond acceptors (Lipinski definition) is 3. The van der Waals surface area contributed by atoms with Crippen LogP contribution in [0, 0.1) is 0 Å². The number of aliphatic imine (C=N–C) groups is 1. The first-order valence-electron chi connectivity index (χ1n) is 6.59. The molecule has 2 aromatic carbocycles. The summed E-state index contributed by atoms with van der Waals surface area (Å²) in [5, 5.41) is 0. The first-order chi connectivity index (χ1) is 10.1. The third kappa shape index (κ3) is 2.58. The van der Waals surface area contributed by atoms with Crippen LogP contribution in [0.15, 0.2) is 59.6 Å². The molecule has 0 radical (unpaired) electrons. The second-order valence-electron chi connectivity index (χ2n) is 4.82. The average Bonchev–Trinajstić information content (AvgIpc) is 2.73. The third-order valence-electron chi connectivity index (χ3n) is 3.35. The van der Waals surface area contributed by atoms with Gasteiger partial charge in [-0.3, -0.25) is 0 Å². The molecule has 1 aliphatic heterocycles. The second-order valence-corrected chi connectivity index (χ2v) is 4.82. The molecule has 2 N–H and O–H groups in total. The van der Waals surface area contributed by atoms with Crippen LogP contribution in [0.25, 0.3) is 0 Å². The Morgan fingerprint density at radius 3 is 2.48 bits per heavy atom. The van der Waals surface area contributed by atoms with Gasteiger partial charge < -0.3 is 15.4 Å². The minimum Gasteiger partial charge on any atom is -0.457 e. The summed E-state index contributed by atoms with van der Waals surface area (Å²) in [5.74, 6) is 1.76. The van der Waals surface area contributed by atoms with Crippen LogP contribution in [-0.4, -0.2) is 23.8 Å². The summed E-state index contributed by atoms with van der Waals surface area (Å²) in [6.45, 7) is 0. The van der Waals surface area contributed by atoms with Gasteiger partial charge in [0.1, 0.15) is 23.4 Å². The third-order valence-corrected chi connectivity index (χ3v) is 3.35. The van der Waals surface area contributed by atoms with Crippen molar-refractivity contribution < 1.29 is 9.53 Å². The fraction of sp³-hybridized carbons (Fsp3) is 0.125. The second kappa shape index (κ2) is 5.28. The van der Waals surface area contributed by atoms with Crippen molar-refractivity contribution in [2.75, 3.05) is 7.05 Å². The van der Waals surface area contributed by atoms with Gasteiger partial charge in [-0.25, -0.2) is 4.79 Å². The maximum absolute atomic E-state index is 11.6. The van der Waals surface area contributed by atoms with Crippen molar-refractivity contribution in [2.45, 2.75) is 6.04 Å². The quantitative estimate of drug-likeness (QED) is 0.940. The standard InChI is InChI=1S/C16H15N3O2/c1-19-14(15(17)18-16(19)20)11-6-5-9-13(10-11)21-12-7-3-2-4-8-12/h2-10,14H,1H3,(H2,17,18,20). The number of rotatable bonds is 3. The molecule has 1 atom stereocenters. The number of amidine groups is 1. The van der Waals surface area contributed by atoms with E-state index in [9.17, 15) is 4.79 Å². The van der Waals surface area contributed by atoms with Gasteiger partial charge >= 0.3 is 6.03 Å². The minimum absolute atomic E-state index is 0.305. The number of carbonyl (C=O) groups excluding carboxylic acids is 1. The van der Waals surface area contributed by atoms with Gasteiger partial charge in [-0.2, -0.15) is 4.99 Å². The van der Waals surface area contributed by atoms with E-state index in [2.05, 4.69) is 4.99 Å². The molecule has 5 heteroatoms. The van der Waals surface area contributed by atoms with E-state index in [1.807, 2.05) is 54.6 Å². The molecule has 3 rings (SSSR count). The molecule has 0 fully saturated rings. The fourth-order valence-corrected chi connectivity index (χ4v) is 2.33. The van der Waals surface area contributed by atoms with Gasteiger partial charge in [0.15, 0.2) is 0 Å². The molecule has 106 valence electrons. The minimum atomic E-state index is -0.336. The van der Waals surface area contributed by atoms with Gasteiger partial charge in [-0.15, -0.1) is 0 Å². The first kappa shape index (κ1) is 13.2. The van der Waals surface area contributed by atoms with Crippen molar-refractivity contribution in [2.24, 2.45) is 10.7 Å². The first-order valence-corrected chi connectivity index (χ1v) is 6.59. The lowest BCUT2D eigenvalue weighted by Crippen LogP contribution is -2.29. The van der Waals surface area contributed by atoms with Crippen LogP contribution in [-0.2, 0) is 0 Å². The van der Waals surface area contributed by atoms with Crippen LogP contribution in [0.1, 0.15) is 11.6 Å². The number of carbonyl (C=O) groups is 1. The number of hydrogen-bond donors (Lipinski definition) is 1. The molecule has 0 saturated heterocycles. The molecule has 5 nitrogen and oxygen atoms in total. The molecule has 1 heterocycles. The van der Waals surface area contributed by atoms with E-state index < -0.39 is 0 Å². The van der Waals surface area contributed by atoms with Crippen LogP contribution in [0.5, 0.6) is 11.5 Å². The number of para-hydroxylation sites is 1. The van der Waals surface area contributed by atoms with Crippen molar-refractivity contribution in [3.8, 4) is 11.5 Å². The summed E-state index contributed by atoms with van der Waals surface area (Å²) in [6.07, 6.45) is 0. The van der Waals surface area contributed by atoms with Gasteiger partial charge in [0.05, 0.1) is 0 Å². The van der Waals surface area contributed by atoms with Crippen LogP contribution in [0.4, 0.5) is 4.79 Å². The molecular formula is C16H15N3O2. The molecule has 21 heavy (non-hydrogen) atoms. The molecule has 0 aromatic heterocycles. The van der Waals surface area contributed by atoms with E-state index in [1.54, 1.807) is 7.05 Å². The Balaban J connectivity index is 1.87. The summed E-state index contributed by atoms with van der Waals surface area (Å²) in [7, 11) is 1.68. The highest BCUT2D eigenvalue weighted by Crippen LogP contribution is 2.29. The van der Waals surface area contributed by atoms with E-state index in [0.717, 1.165) is 11.3 Å². The average molecular weight is 281 g/mol. The number of urea groups is 1. The highest BCUT2D eigenvalue weighted by molar-refractivity contribution is 6.03. The van der Waals surface area contributed by atoms with Gasteiger partial charge in [0, 0.05) is 7.05 Å². The van der Waals surface area contributed by atoms with Crippen molar-refractivity contribution in [1.82, 2.24) is 4.90 Å². The van der Waals surface area contributed by atoms with Crippen LogP contribution < -0.4 is 10.5 Å². The zero-order valence-corrected chi connectivity index (χ0v) is 11.6. The van der Waals surface area contributed by atoms with E-state index in [-0.39, 0.29) is 12.1 Å². The normalized spacial score (nSPS) is 17.8. The van der Waals surface area contributed by atoms with Crippen LogP contribution >= 0.6 is 0 Å². The molecule has 1 unspecified atom stereocenters. The number of benzene rings is 2. The van der Waals surface area contributed by atoms with Gasteiger partial charge in [0.25, 0.3) is 0 Å². The fourth-order valence-electron chi connectivity index (χ4n) is 2.33. The van der Waals surface area contributed by atoms with Crippen molar-refractivity contribution >= 4 is 11.9 Å². The Morgan fingerprint density at radius 1 is 1.10 bits per heavy atom. The lowest BCUT2D eigenvalue weighted by molar-refractivity contribution is 0.218. The predicted octanol–water partition coefficient (Wildman–Crippen LogP) is 2.94. The summed E-state index contributed by atoms with van der Waals surface area (Å²) in [5.41, 5.74) is 6.71. The van der Waals surface area contributed by atoms with Crippen LogP contribution in [0.2, 0.25) is 0 Å². The molecule has 0 spiro atoms. The van der Waals surface area contributed by atoms with Crippen molar-refractivity contribution in [3.63, 3.8) is 0 Å². The molecule has 0 aliphatic carbocycles. The zero-order valence-electron chi connectivity index (χ0n) is 11.6. The van der Waals surface area contributed by atoms with E-state index in [4.69, 9.17) is 10.5 Å². The Kier molecular flexibility index (Phi) is 3.31. The maximum atomic E-state index is 11.6. The Bertz CT molecular complexity index is 698. The highest BCUT2D eigenvalue weighted by atomic mass is 16.5. The van der Waals surface area contributed by atoms with Gasteiger partial charge in [-0.05, 0) is 29.8 Å². The van der Waals surface area contributed by atoms with Gasteiger partial charge in [0.2, 0.25) is 0 Å². The molecule has 0 saturated carbocycles. The smallest absolute Gasteiger partial charge is 0.345 e. The number of nitrogens with two attached hydrogens (primary N) is 1. The largest absolute Gasteiger partial charge is 0.457 e. The van der Waals surface area contributed by atoms with Crippen LogP contribution in [0.3, 0.4) is 0 Å². The monoisotopic (exact) mass is 281 g/mol. The lowest BCUT2D eigenvalue weighted by atomic mass is 10.1. The summed E-state index contributed by atoms with van der Waals surface area (Å²) in [6, 6.07) is 16.4. The number of ether oxygens (including phenoxy) is 1. The Labute approximate surface area is 122 Å². The summed E-state index contributed by atoms with van der Waals surface area (Å²) >= 11 is 0. The van der Waals surface area contributed by atoms with E-state index in [0.29, 0.717) is 11.6 Å². The number of nitrogens with zero attached hydrogens (tertiary/aromatic N) is 2. The molecule has 2 amide bonds. The summed E-state index contributed by atoms with van der Waals surface area (Å²) in [4.78, 5) is 16.9. The topological polar surface area (TPSA) is 67.9 Å². The Hall–Kier alpha value is -2.82. The molecule has 2 aromatic rings. The van der Waals surface area contributed by atoms with Crippen molar-refractivity contribution in [1.29, 1.82) is 0 Å². The SMILES string of the molecule is CN1C(=O)N=C(N)C1c1cccc(Oc2ccccc2)c1. The predicted molar refractivity (Wildman–Crippen MR) is 80.5 cm³/mol. The maximum Gasteiger partial charge on any atom is 0.345 e. The zero-order chi connectivity index (χ0) is 14.8.